The first-order valence-corrected chi connectivity index (χ1v) is 7.42. The second-order valence-corrected chi connectivity index (χ2v) is 6.73. The number of nitrogens with zero attached hydrogens (tertiary/aromatic N) is 1. The number of hydrogen-bond acceptors (Lipinski definition) is 5. The van der Waals surface area contributed by atoms with E-state index in [2.05, 4.69) is 37.1 Å². The lowest BCUT2D eigenvalue weighted by Crippen LogP contribution is -2.35. The number of aromatic nitrogens is 1. The molecule has 1 unspecified atom stereocenters. The molecule has 1 atom stereocenters. The minimum atomic E-state index is -0.687. The molecule has 0 aliphatic heterocycles. The quantitative estimate of drug-likeness (QED) is 0.694. The summed E-state index contributed by atoms with van der Waals surface area (Å²) < 4.78 is 0. The Morgan fingerprint density at radius 2 is 2.11 bits per heavy atom. The van der Waals surface area contributed by atoms with E-state index in [1.165, 1.54) is 11.8 Å². The van der Waals surface area contributed by atoms with Crippen molar-refractivity contribution in [3.05, 3.63) is 23.4 Å². The van der Waals surface area contributed by atoms with E-state index in [4.69, 9.17) is 5.11 Å². The SMILES string of the molecule is Cc1cc(CNC(C)(C)C)cnc1SCC(O)CO. The molecule has 0 aliphatic carbocycles. The molecule has 1 aromatic heterocycles. The molecule has 19 heavy (non-hydrogen) atoms. The Balaban J connectivity index is 2.59. The number of aryl methyl sites for hydroxylation is 1. The molecule has 1 rings (SSSR count). The molecule has 3 N–H and O–H groups in total. The van der Waals surface area contributed by atoms with Gasteiger partial charge in [-0.25, -0.2) is 4.98 Å². The molecule has 1 heterocycles. The molecule has 0 spiro atoms. The second-order valence-electron chi connectivity index (χ2n) is 5.72. The summed E-state index contributed by atoms with van der Waals surface area (Å²) in [4.78, 5) is 4.42. The van der Waals surface area contributed by atoms with Crippen molar-refractivity contribution >= 4 is 11.8 Å². The van der Waals surface area contributed by atoms with E-state index in [-0.39, 0.29) is 12.1 Å². The van der Waals surface area contributed by atoms with Crippen LogP contribution in [0.3, 0.4) is 0 Å². The molecule has 0 saturated carbocycles. The van der Waals surface area contributed by atoms with Gasteiger partial charge in [0.25, 0.3) is 0 Å². The Morgan fingerprint density at radius 1 is 1.42 bits per heavy atom. The van der Waals surface area contributed by atoms with Crippen LogP contribution in [0.5, 0.6) is 0 Å². The minimum Gasteiger partial charge on any atom is -0.394 e. The van der Waals surface area contributed by atoms with Crippen LogP contribution in [0.4, 0.5) is 0 Å². The van der Waals surface area contributed by atoms with Crippen LogP contribution < -0.4 is 5.32 Å². The minimum absolute atomic E-state index is 0.0898. The van der Waals surface area contributed by atoms with Crippen molar-refractivity contribution in [3.63, 3.8) is 0 Å². The Hall–Kier alpha value is -0.620. The zero-order valence-corrected chi connectivity index (χ0v) is 12.9. The third-order valence-corrected chi connectivity index (χ3v) is 3.79. The molecular weight excluding hydrogens is 260 g/mol. The van der Waals surface area contributed by atoms with Crippen molar-refractivity contribution in [2.75, 3.05) is 12.4 Å². The Bertz CT molecular complexity index is 405. The van der Waals surface area contributed by atoms with E-state index >= 15 is 0 Å². The molecule has 0 radical (unpaired) electrons. The summed E-state index contributed by atoms with van der Waals surface area (Å²) in [6.45, 7) is 9.00. The topological polar surface area (TPSA) is 65.4 Å². The summed E-state index contributed by atoms with van der Waals surface area (Å²) in [6.07, 6.45) is 1.17. The van der Waals surface area contributed by atoms with Gasteiger partial charge in [0.15, 0.2) is 0 Å². The van der Waals surface area contributed by atoms with Gasteiger partial charge in [-0.15, -0.1) is 11.8 Å². The van der Waals surface area contributed by atoms with Crippen LogP contribution >= 0.6 is 11.8 Å². The van der Waals surface area contributed by atoms with Crippen LogP contribution in [0.15, 0.2) is 17.3 Å². The largest absolute Gasteiger partial charge is 0.394 e. The number of nitrogens with one attached hydrogen (secondary N) is 1. The fourth-order valence-electron chi connectivity index (χ4n) is 1.46. The highest BCUT2D eigenvalue weighted by Crippen LogP contribution is 2.21. The van der Waals surface area contributed by atoms with Crippen LogP contribution in [0.2, 0.25) is 0 Å². The lowest BCUT2D eigenvalue weighted by atomic mass is 10.1. The van der Waals surface area contributed by atoms with Crippen LogP contribution in [-0.2, 0) is 6.54 Å². The first kappa shape index (κ1) is 16.4. The summed E-state index contributed by atoms with van der Waals surface area (Å²) >= 11 is 1.47. The molecule has 108 valence electrons. The zero-order chi connectivity index (χ0) is 14.5. The van der Waals surface area contributed by atoms with Gasteiger partial charge in [-0.3, -0.25) is 0 Å². The van der Waals surface area contributed by atoms with Crippen molar-refractivity contribution in [1.29, 1.82) is 0 Å². The van der Waals surface area contributed by atoms with Gasteiger partial charge < -0.3 is 15.5 Å². The third kappa shape index (κ3) is 6.38. The number of aliphatic hydroxyl groups is 2. The summed E-state index contributed by atoms with van der Waals surface area (Å²) in [5.41, 5.74) is 2.34. The van der Waals surface area contributed by atoms with Crippen molar-refractivity contribution < 1.29 is 10.2 Å². The van der Waals surface area contributed by atoms with E-state index in [1.807, 2.05) is 13.1 Å². The molecule has 5 heteroatoms. The summed E-state index contributed by atoms with van der Waals surface area (Å²) in [5, 5.41) is 22.4. The van der Waals surface area contributed by atoms with Crippen molar-refractivity contribution in [3.8, 4) is 0 Å². The maximum Gasteiger partial charge on any atom is 0.0990 e. The Kier molecular flexibility index (Phi) is 6.26. The molecule has 0 amide bonds. The standard InChI is InChI=1S/C14H24N2O2S/c1-10-5-11(7-16-14(2,3)4)6-15-13(10)19-9-12(18)8-17/h5-6,12,16-18H,7-9H2,1-4H3. The highest BCUT2D eigenvalue weighted by molar-refractivity contribution is 7.99. The van der Waals surface area contributed by atoms with Crippen LogP contribution in [-0.4, -0.2) is 39.2 Å². The number of aliphatic hydroxyl groups excluding tert-OH is 2. The molecule has 0 aliphatic rings. The predicted octanol–water partition coefficient (Wildman–Crippen LogP) is 1.72. The average Bonchev–Trinajstić information content (AvgIpc) is 2.34. The molecule has 1 aromatic rings. The number of thioether (sulfide) groups is 1. The second kappa shape index (κ2) is 7.24. The fourth-order valence-corrected chi connectivity index (χ4v) is 2.33. The van der Waals surface area contributed by atoms with Gasteiger partial charge in [-0.05, 0) is 38.8 Å². The van der Waals surface area contributed by atoms with Gasteiger partial charge in [-0.1, -0.05) is 6.07 Å². The van der Waals surface area contributed by atoms with Crippen molar-refractivity contribution in [2.45, 2.75) is 50.9 Å². The van der Waals surface area contributed by atoms with E-state index in [9.17, 15) is 5.11 Å². The van der Waals surface area contributed by atoms with E-state index in [0.29, 0.717) is 5.75 Å². The molecule has 4 nitrogen and oxygen atoms in total. The predicted molar refractivity (Wildman–Crippen MR) is 79.4 cm³/mol. The highest BCUT2D eigenvalue weighted by Gasteiger charge is 2.10. The van der Waals surface area contributed by atoms with Gasteiger partial charge >= 0.3 is 0 Å². The third-order valence-electron chi connectivity index (χ3n) is 2.53. The number of rotatable bonds is 6. The Morgan fingerprint density at radius 3 is 2.63 bits per heavy atom. The van der Waals surface area contributed by atoms with E-state index < -0.39 is 6.10 Å². The van der Waals surface area contributed by atoms with Crippen LogP contribution in [0.1, 0.15) is 31.9 Å². The van der Waals surface area contributed by atoms with Gasteiger partial charge in [0, 0.05) is 24.0 Å². The first-order chi connectivity index (χ1) is 8.81. The Labute approximate surface area is 119 Å². The lowest BCUT2D eigenvalue weighted by Gasteiger charge is -2.20. The van der Waals surface area contributed by atoms with Gasteiger partial charge in [-0.2, -0.15) is 0 Å². The highest BCUT2D eigenvalue weighted by atomic mass is 32.2. The molecule has 0 fully saturated rings. The van der Waals surface area contributed by atoms with Crippen molar-refractivity contribution in [2.24, 2.45) is 0 Å². The maximum atomic E-state index is 9.33. The molecular formula is C14H24N2O2S. The van der Waals surface area contributed by atoms with Crippen molar-refractivity contribution in [1.82, 2.24) is 10.3 Å². The van der Waals surface area contributed by atoms with Gasteiger partial charge in [0.2, 0.25) is 0 Å². The van der Waals surface area contributed by atoms with Crippen LogP contribution in [0, 0.1) is 6.92 Å². The smallest absolute Gasteiger partial charge is 0.0990 e. The van der Waals surface area contributed by atoms with Gasteiger partial charge in [0.1, 0.15) is 0 Å². The first-order valence-electron chi connectivity index (χ1n) is 6.44. The van der Waals surface area contributed by atoms with Gasteiger partial charge in [0.05, 0.1) is 17.7 Å². The molecule has 0 aromatic carbocycles. The molecule has 0 bridgehead atoms. The fraction of sp³-hybridized carbons (Fsp3) is 0.643. The summed E-state index contributed by atoms with van der Waals surface area (Å²) in [6, 6.07) is 2.11. The summed E-state index contributed by atoms with van der Waals surface area (Å²) in [5.74, 6) is 0.462. The lowest BCUT2D eigenvalue weighted by molar-refractivity contribution is 0.113. The van der Waals surface area contributed by atoms with E-state index in [1.54, 1.807) is 0 Å². The number of pyridine rings is 1. The molecule has 0 saturated heterocycles. The summed E-state index contributed by atoms with van der Waals surface area (Å²) in [7, 11) is 0. The average molecular weight is 284 g/mol. The maximum absolute atomic E-state index is 9.33. The van der Waals surface area contributed by atoms with Crippen LogP contribution in [0.25, 0.3) is 0 Å². The monoisotopic (exact) mass is 284 g/mol. The number of hydrogen-bond donors (Lipinski definition) is 3. The normalized spacial score (nSPS) is 13.6. The zero-order valence-electron chi connectivity index (χ0n) is 12.1. The van der Waals surface area contributed by atoms with E-state index in [0.717, 1.165) is 22.7 Å².